The number of carbonyl (C=O) groups excluding carboxylic acids is 1. The van der Waals surface area contributed by atoms with Crippen LogP contribution in [0, 0.1) is 29.4 Å². The van der Waals surface area contributed by atoms with Crippen molar-refractivity contribution in [1.82, 2.24) is 5.32 Å². The summed E-state index contributed by atoms with van der Waals surface area (Å²) in [7, 11) is 0. The molecule has 0 saturated heterocycles. The monoisotopic (exact) mass is 309 g/mol. The van der Waals surface area contributed by atoms with E-state index in [0.29, 0.717) is 5.69 Å². The molecule has 0 aliphatic heterocycles. The Morgan fingerprint density at radius 3 is 2.33 bits per heavy atom. The van der Waals surface area contributed by atoms with Gasteiger partial charge in [-0.1, -0.05) is 26.8 Å². The van der Waals surface area contributed by atoms with E-state index in [9.17, 15) is 14.9 Å². The van der Waals surface area contributed by atoms with Crippen LogP contribution in [0.25, 0.3) is 0 Å². The van der Waals surface area contributed by atoms with Gasteiger partial charge in [-0.2, -0.15) is 0 Å². The van der Waals surface area contributed by atoms with Crippen molar-refractivity contribution in [3.63, 3.8) is 0 Å². The Kier molecular flexibility index (Phi) is 5.01. The van der Waals surface area contributed by atoms with Crippen molar-refractivity contribution in [2.24, 2.45) is 5.41 Å². The summed E-state index contributed by atoms with van der Waals surface area (Å²) >= 11 is 5.06. The van der Waals surface area contributed by atoms with Crippen LogP contribution in [0.4, 0.5) is 11.4 Å². The Bertz CT molecular complexity index is 606. The van der Waals surface area contributed by atoms with Gasteiger partial charge in [-0.15, -0.1) is 0 Å². The number of benzene rings is 1. The molecule has 0 aliphatic rings. The second-order valence-corrected chi connectivity index (χ2v) is 6.23. The third kappa shape index (κ3) is 4.22. The normalized spacial score (nSPS) is 10.9. The molecule has 0 heterocycles. The molecule has 0 aromatic heterocycles. The molecule has 1 aromatic rings. The van der Waals surface area contributed by atoms with Crippen LogP contribution in [0.15, 0.2) is 12.1 Å². The van der Waals surface area contributed by atoms with Crippen LogP contribution in [0.5, 0.6) is 0 Å². The Hall–Kier alpha value is -2.02. The summed E-state index contributed by atoms with van der Waals surface area (Å²) in [5, 5.41) is 16.4. The Balaban J connectivity index is 3.03. The van der Waals surface area contributed by atoms with E-state index >= 15 is 0 Å². The van der Waals surface area contributed by atoms with E-state index in [1.807, 2.05) is 6.92 Å². The molecule has 0 spiro atoms. The summed E-state index contributed by atoms with van der Waals surface area (Å²) in [4.78, 5) is 22.5. The zero-order valence-corrected chi connectivity index (χ0v) is 13.6. The van der Waals surface area contributed by atoms with Gasteiger partial charge >= 0.3 is 0 Å². The van der Waals surface area contributed by atoms with Gasteiger partial charge in [0.1, 0.15) is 5.69 Å². The number of nitro groups is 1. The lowest BCUT2D eigenvalue weighted by Crippen LogP contribution is -2.41. The lowest BCUT2D eigenvalue weighted by molar-refractivity contribution is -0.383. The molecule has 0 atom stereocenters. The molecule has 0 saturated carbocycles. The van der Waals surface area contributed by atoms with Crippen molar-refractivity contribution in [3.8, 4) is 0 Å². The summed E-state index contributed by atoms with van der Waals surface area (Å²) < 4.78 is 0. The molecule has 1 aromatic carbocycles. The zero-order valence-electron chi connectivity index (χ0n) is 12.7. The number of nitro benzene ring substituents is 1. The SMILES string of the molecule is Cc1ccc([N+](=O)[O-])c(NC(=S)NC(=O)C(C)(C)C)c1C. The van der Waals surface area contributed by atoms with Crippen molar-refractivity contribution in [1.29, 1.82) is 0 Å². The summed E-state index contributed by atoms with van der Waals surface area (Å²) in [6.45, 7) is 8.88. The molecule has 0 bridgehead atoms. The molecule has 1 amide bonds. The molecule has 2 N–H and O–H groups in total. The molecule has 0 radical (unpaired) electrons. The number of nitrogens with one attached hydrogen (secondary N) is 2. The molecule has 114 valence electrons. The standard InChI is InChI=1S/C14H19N3O3S/c1-8-6-7-10(17(19)20)11(9(8)2)15-13(21)16-12(18)14(3,4)5/h6-7H,1-5H3,(H2,15,16,18,21). The number of hydrogen-bond acceptors (Lipinski definition) is 4. The fourth-order valence-corrected chi connectivity index (χ4v) is 1.74. The van der Waals surface area contributed by atoms with Crippen molar-refractivity contribution in [2.75, 3.05) is 5.32 Å². The number of amides is 1. The largest absolute Gasteiger partial charge is 0.327 e. The number of rotatable bonds is 2. The van der Waals surface area contributed by atoms with E-state index in [2.05, 4.69) is 10.6 Å². The van der Waals surface area contributed by atoms with Gasteiger partial charge in [0.05, 0.1) is 4.92 Å². The summed E-state index contributed by atoms with van der Waals surface area (Å²) in [5.41, 5.74) is 1.24. The molecular weight excluding hydrogens is 290 g/mol. The topological polar surface area (TPSA) is 84.3 Å². The van der Waals surface area contributed by atoms with Crippen LogP contribution in [-0.2, 0) is 4.79 Å². The van der Waals surface area contributed by atoms with E-state index < -0.39 is 10.3 Å². The fraction of sp³-hybridized carbons (Fsp3) is 0.429. The second-order valence-electron chi connectivity index (χ2n) is 5.82. The molecule has 0 unspecified atom stereocenters. The maximum Gasteiger partial charge on any atom is 0.293 e. The Morgan fingerprint density at radius 2 is 1.86 bits per heavy atom. The van der Waals surface area contributed by atoms with Crippen LogP contribution in [0.2, 0.25) is 0 Å². The van der Waals surface area contributed by atoms with Gasteiger partial charge in [0.25, 0.3) is 5.69 Å². The van der Waals surface area contributed by atoms with Gasteiger partial charge in [-0.05, 0) is 37.2 Å². The van der Waals surface area contributed by atoms with Crippen molar-refractivity contribution >= 4 is 34.6 Å². The highest BCUT2D eigenvalue weighted by atomic mass is 32.1. The lowest BCUT2D eigenvalue weighted by atomic mass is 9.96. The summed E-state index contributed by atoms with van der Waals surface area (Å²) in [5.74, 6) is -0.257. The molecular formula is C14H19N3O3S. The van der Waals surface area contributed by atoms with Gasteiger partial charge in [0, 0.05) is 11.5 Å². The van der Waals surface area contributed by atoms with E-state index in [1.54, 1.807) is 33.8 Å². The number of carbonyl (C=O) groups is 1. The van der Waals surface area contributed by atoms with Crippen molar-refractivity contribution in [2.45, 2.75) is 34.6 Å². The van der Waals surface area contributed by atoms with E-state index in [4.69, 9.17) is 12.2 Å². The van der Waals surface area contributed by atoms with E-state index in [0.717, 1.165) is 11.1 Å². The number of nitrogens with zero attached hydrogens (tertiary/aromatic N) is 1. The van der Waals surface area contributed by atoms with Crippen molar-refractivity contribution < 1.29 is 9.72 Å². The van der Waals surface area contributed by atoms with Gasteiger partial charge in [-0.3, -0.25) is 14.9 Å². The minimum atomic E-state index is -0.598. The van der Waals surface area contributed by atoms with Gasteiger partial charge in [0.15, 0.2) is 5.11 Å². The smallest absolute Gasteiger partial charge is 0.293 e. The quantitative estimate of drug-likeness (QED) is 0.498. The van der Waals surface area contributed by atoms with Crippen molar-refractivity contribution in [3.05, 3.63) is 33.4 Å². The van der Waals surface area contributed by atoms with E-state index in [1.165, 1.54) is 6.07 Å². The molecule has 0 aliphatic carbocycles. The van der Waals surface area contributed by atoms with Crippen LogP contribution >= 0.6 is 12.2 Å². The van der Waals surface area contributed by atoms with Crippen LogP contribution in [0.3, 0.4) is 0 Å². The third-order valence-electron chi connectivity index (χ3n) is 3.06. The van der Waals surface area contributed by atoms with Gasteiger partial charge < -0.3 is 10.6 Å². The Morgan fingerprint density at radius 1 is 1.29 bits per heavy atom. The minimum Gasteiger partial charge on any atom is -0.327 e. The second kappa shape index (κ2) is 6.17. The Labute approximate surface area is 129 Å². The average molecular weight is 309 g/mol. The predicted octanol–water partition coefficient (Wildman–Crippen LogP) is 3.07. The maximum absolute atomic E-state index is 11.9. The van der Waals surface area contributed by atoms with E-state index in [-0.39, 0.29) is 16.7 Å². The first-order valence-corrected chi connectivity index (χ1v) is 6.82. The predicted molar refractivity (Wildman–Crippen MR) is 86.4 cm³/mol. The lowest BCUT2D eigenvalue weighted by Gasteiger charge is -2.19. The number of hydrogen-bond donors (Lipinski definition) is 2. The molecule has 21 heavy (non-hydrogen) atoms. The summed E-state index contributed by atoms with van der Waals surface area (Å²) in [6, 6.07) is 3.09. The number of aryl methyl sites for hydroxylation is 1. The first kappa shape index (κ1) is 17.0. The van der Waals surface area contributed by atoms with Crippen LogP contribution in [0.1, 0.15) is 31.9 Å². The number of thiocarbonyl (C=S) groups is 1. The molecule has 0 fully saturated rings. The highest BCUT2D eigenvalue weighted by molar-refractivity contribution is 7.80. The molecule has 1 rings (SSSR count). The third-order valence-corrected chi connectivity index (χ3v) is 3.26. The van der Waals surface area contributed by atoms with Gasteiger partial charge in [-0.25, -0.2) is 0 Å². The van der Waals surface area contributed by atoms with Gasteiger partial charge in [0.2, 0.25) is 5.91 Å². The first-order chi connectivity index (χ1) is 9.54. The zero-order chi connectivity index (χ0) is 16.4. The van der Waals surface area contributed by atoms with Crippen LogP contribution < -0.4 is 10.6 Å². The highest BCUT2D eigenvalue weighted by Crippen LogP contribution is 2.30. The fourth-order valence-electron chi connectivity index (χ4n) is 1.55. The van der Waals surface area contributed by atoms with Crippen LogP contribution in [-0.4, -0.2) is 15.9 Å². The summed E-state index contributed by atoms with van der Waals surface area (Å²) in [6.07, 6.45) is 0. The molecule has 6 nitrogen and oxygen atoms in total. The number of anilines is 1. The first-order valence-electron chi connectivity index (χ1n) is 6.41. The highest BCUT2D eigenvalue weighted by Gasteiger charge is 2.23. The molecule has 7 heteroatoms. The maximum atomic E-state index is 11.9. The minimum absolute atomic E-state index is 0.0479. The average Bonchev–Trinajstić information content (AvgIpc) is 2.33.